The van der Waals surface area contributed by atoms with Crippen molar-refractivity contribution in [3.05, 3.63) is 22.8 Å². The van der Waals surface area contributed by atoms with Crippen LogP contribution < -0.4 is 0 Å². The summed E-state index contributed by atoms with van der Waals surface area (Å²) in [7, 11) is 0. The maximum atomic E-state index is 12.6. The zero-order chi connectivity index (χ0) is 12.0. The number of carboxylic acids is 1. The number of hydrogen-bond acceptors (Lipinski definition) is 2. The molecule has 0 radical (unpaired) electrons. The molecule has 0 saturated carbocycles. The van der Waals surface area contributed by atoms with Crippen LogP contribution in [0.25, 0.3) is 0 Å². The first-order valence-electron chi connectivity index (χ1n) is 3.57. The molecule has 15 heavy (non-hydrogen) atoms. The summed E-state index contributed by atoms with van der Waals surface area (Å²) in [5.41, 5.74) is -2.83. The predicted molar refractivity (Wildman–Crippen MR) is 41.9 cm³/mol. The summed E-state index contributed by atoms with van der Waals surface area (Å²) in [5, 5.41) is 8.37. The second-order valence-corrected chi connectivity index (χ2v) is 2.29. The van der Waals surface area contributed by atoms with Crippen LogP contribution in [-0.2, 0) is 9.59 Å². The lowest BCUT2D eigenvalue weighted by Gasteiger charge is -2.03. The minimum absolute atomic E-state index is 0.381. The molecule has 7 heteroatoms. The van der Waals surface area contributed by atoms with Gasteiger partial charge in [-0.15, -0.1) is 0 Å². The molecule has 1 N–H and O–H groups in total. The lowest BCUT2D eigenvalue weighted by atomic mass is 10.1. The molecular formula is C8H6F4O3. The number of aliphatic carboxylic acids is 1. The second-order valence-electron chi connectivity index (χ2n) is 2.29. The van der Waals surface area contributed by atoms with Crippen LogP contribution in [-0.4, -0.2) is 30.7 Å². The SMILES string of the molecule is O=CC(=C(\F)CF)/C(C(=O)O)=C(/F)CF. The molecule has 0 heterocycles. The quantitative estimate of drug-likeness (QED) is 0.335. The smallest absolute Gasteiger partial charge is 0.339 e. The van der Waals surface area contributed by atoms with Crippen LogP contribution >= 0.6 is 0 Å². The Morgan fingerprint density at radius 1 is 1.13 bits per heavy atom. The van der Waals surface area contributed by atoms with Crippen LogP contribution in [0.4, 0.5) is 17.6 Å². The van der Waals surface area contributed by atoms with Crippen molar-refractivity contribution in [3.63, 3.8) is 0 Å². The van der Waals surface area contributed by atoms with E-state index in [2.05, 4.69) is 0 Å². The van der Waals surface area contributed by atoms with Crippen molar-refractivity contribution < 1.29 is 32.3 Å². The largest absolute Gasteiger partial charge is 0.478 e. The molecule has 0 aliphatic heterocycles. The highest BCUT2D eigenvalue weighted by molar-refractivity contribution is 6.01. The van der Waals surface area contributed by atoms with E-state index in [4.69, 9.17) is 5.11 Å². The van der Waals surface area contributed by atoms with Gasteiger partial charge in [0.2, 0.25) is 0 Å². The number of carbonyl (C=O) groups is 2. The van der Waals surface area contributed by atoms with E-state index in [1.165, 1.54) is 0 Å². The van der Waals surface area contributed by atoms with Gasteiger partial charge in [0.05, 0.1) is 5.57 Å². The van der Waals surface area contributed by atoms with Crippen molar-refractivity contribution in [1.82, 2.24) is 0 Å². The highest BCUT2D eigenvalue weighted by Crippen LogP contribution is 2.20. The highest BCUT2D eigenvalue weighted by atomic mass is 19.2. The molecule has 0 unspecified atom stereocenters. The van der Waals surface area contributed by atoms with Crippen molar-refractivity contribution in [2.24, 2.45) is 0 Å². The summed E-state index contributed by atoms with van der Waals surface area (Å²) in [6.07, 6.45) is -0.381. The lowest BCUT2D eigenvalue weighted by Crippen LogP contribution is -2.10. The lowest BCUT2D eigenvalue weighted by molar-refractivity contribution is -0.132. The standard InChI is InChI=1S/C8H6F4O3/c9-1-5(11)4(3-13)7(8(14)15)6(12)2-10/h3H,1-2H2,(H,14,15)/b5-4+,7-6-. The first kappa shape index (κ1) is 13.3. The number of rotatable bonds is 5. The number of hydrogen-bond donors (Lipinski definition) is 1. The third-order valence-electron chi connectivity index (χ3n) is 1.40. The molecule has 84 valence electrons. The zero-order valence-electron chi connectivity index (χ0n) is 7.27. The summed E-state index contributed by atoms with van der Waals surface area (Å²) in [6.45, 7) is -3.59. The predicted octanol–water partition coefficient (Wildman–Crippen LogP) is 1.66. The fourth-order valence-corrected chi connectivity index (χ4v) is 0.775. The Bertz CT molecular complexity index is 333. The van der Waals surface area contributed by atoms with Crippen molar-refractivity contribution in [2.75, 3.05) is 13.3 Å². The van der Waals surface area contributed by atoms with E-state index in [0.29, 0.717) is 0 Å². The molecule has 0 aliphatic rings. The van der Waals surface area contributed by atoms with E-state index >= 15 is 0 Å². The van der Waals surface area contributed by atoms with Crippen molar-refractivity contribution in [2.45, 2.75) is 0 Å². The summed E-state index contributed by atoms with van der Waals surface area (Å²) in [4.78, 5) is 20.6. The van der Waals surface area contributed by atoms with E-state index < -0.39 is 42.1 Å². The first-order chi connectivity index (χ1) is 6.99. The Kier molecular flexibility index (Phi) is 5.29. The molecule has 0 bridgehead atoms. The van der Waals surface area contributed by atoms with Gasteiger partial charge in [0.25, 0.3) is 0 Å². The van der Waals surface area contributed by atoms with Crippen molar-refractivity contribution >= 4 is 12.3 Å². The number of alkyl halides is 2. The molecule has 0 atom stereocenters. The maximum absolute atomic E-state index is 12.6. The minimum Gasteiger partial charge on any atom is -0.478 e. The molecule has 0 aromatic carbocycles. The summed E-state index contributed by atoms with van der Waals surface area (Å²) in [6, 6.07) is 0. The topological polar surface area (TPSA) is 54.4 Å². The van der Waals surface area contributed by atoms with Gasteiger partial charge in [-0.1, -0.05) is 0 Å². The normalized spacial score (nSPS) is 14.1. The Labute approximate surface area is 81.7 Å². The molecule has 0 fully saturated rings. The van der Waals surface area contributed by atoms with Gasteiger partial charge in [0.15, 0.2) is 6.29 Å². The molecule has 0 amide bonds. The van der Waals surface area contributed by atoms with E-state index in [-0.39, 0.29) is 6.29 Å². The van der Waals surface area contributed by atoms with Gasteiger partial charge < -0.3 is 5.11 Å². The van der Waals surface area contributed by atoms with Crippen LogP contribution in [0.2, 0.25) is 0 Å². The van der Waals surface area contributed by atoms with Crippen molar-refractivity contribution in [3.8, 4) is 0 Å². The van der Waals surface area contributed by atoms with Gasteiger partial charge in [0.1, 0.15) is 30.6 Å². The minimum atomic E-state index is -2.05. The fraction of sp³-hybridized carbons (Fsp3) is 0.250. The Hall–Kier alpha value is -1.66. The average Bonchev–Trinajstić information content (AvgIpc) is 2.22. The molecule has 0 aliphatic carbocycles. The number of allylic oxidation sites excluding steroid dienone is 2. The van der Waals surface area contributed by atoms with E-state index in [9.17, 15) is 27.2 Å². The average molecular weight is 226 g/mol. The summed E-state index contributed by atoms with van der Waals surface area (Å²) in [5.74, 6) is -5.64. The Morgan fingerprint density at radius 3 is 1.87 bits per heavy atom. The van der Waals surface area contributed by atoms with Gasteiger partial charge in [0, 0.05) is 0 Å². The highest BCUT2D eigenvalue weighted by Gasteiger charge is 2.23. The molecule has 0 saturated heterocycles. The second kappa shape index (κ2) is 5.94. The Morgan fingerprint density at radius 2 is 1.60 bits per heavy atom. The van der Waals surface area contributed by atoms with Crippen molar-refractivity contribution in [1.29, 1.82) is 0 Å². The van der Waals surface area contributed by atoms with Crippen LogP contribution in [0, 0.1) is 0 Å². The third-order valence-corrected chi connectivity index (χ3v) is 1.40. The van der Waals surface area contributed by atoms with Gasteiger partial charge >= 0.3 is 5.97 Å². The number of halogens is 4. The molecule has 0 rings (SSSR count). The van der Waals surface area contributed by atoms with Gasteiger partial charge in [-0.05, 0) is 0 Å². The molecule has 0 aromatic rings. The van der Waals surface area contributed by atoms with E-state index in [1.54, 1.807) is 0 Å². The number of carbonyl (C=O) groups excluding carboxylic acids is 1. The molecule has 3 nitrogen and oxygen atoms in total. The Balaban J connectivity index is 5.65. The molecular weight excluding hydrogens is 220 g/mol. The van der Waals surface area contributed by atoms with E-state index in [0.717, 1.165) is 0 Å². The van der Waals surface area contributed by atoms with Crippen LogP contribution in [0.5, 0.6) is 0 Å². The van der Waals surface area contributed by atoms with Crippen LogP contribution in [0.3, 0.4) is 0 Å². The maximum Gasteiger partial charge on any atom is 0.339 e. The monoisotopic (exact) mass is 226 g/mol. The van der Waals surface area contributed by atoms with Crippen LogP contribution in [0.15, 0.2) is 22.8 Å². The third kappa shape index (κ3) is 3.19. The molecule has 0 aromatic heterocycles. The van der Waals surface area contributed by atoms with Gasteiger partial charge in [-0.3, -0.25) is 4.79 Å². The summed E-state index contributed by atoms with van der Waals surface area (Å²) >= 11 is 0. The number of aldehydes is 1. The fourth-order valence-electron chi connectivity index (χ4n) is 0.775. The number of carboxylic acid groups (broad SMARTS) is 1. The van der Waals surface area contributed by atoms with E-state index in [1.807, 2.05) is 0 Å². The summed E-state index contributed by atoms with van der Waals surface area (Å²) < 4.78 is 48.8. The first-order valence-corrected chi connectivity index (χ1v) is 3.57. The van der Waals surface area contributed by atoms with Gasteiger partial charge in [-0.25, -0.2) is 22.4 Å². The zero-order valence-corrected chi connectivity index (χ0v) is 7.27. The molecule has 0 spiro atoms. The van der Waals surface area contributed by atoms with Gasteiger partial charge in [-0.2, -0.15) is 0 Å². The van der Waals surface area contributed by atoms with Crippen LogP contribution in [0.1, 0.15) is 0 Å².